The molecule has 1 aromatic carbocycles. The summed E-state index contributed by atoms with van der Waals surface area (Å²) in [4.78, 5) is 28.0. The number of nitrogens with one attached hydrogen (secondary N) is 2. The predicted octanol–water partition coefficient (Wildman–Crippen LogP) is 2.62. The van der Waals surface area contributed by atoms with E-state index in [-0.39, 0.29) is 11.2 Å². The van der Waals surface area contributed by atoms with Crippen LogP contribution in [0.5, 0.6) is 5.75 Å². The Labute approximate surface area is 142 Å². The van der Waals surface area contributed by atoms with Gasteiger partial charge in [-0.25, -0.2) is 0 Å². The van der Waals surface area contributed by atoms with Gasteiger partial charge in [0.2, 0.25) is 0 Å². The smallest absolute Gasteiger partial charge is 0.294 e. The zero-order valence-corrected chi connectivity index (χ0v) is 13.7. The third kappa shape index (κ3) is 2.65. The number of aromatic nitrogens is 3. The lowest BCUT2D eigenvalue weighted by Crippen LogP contribution is -2.25. The second-order valence-electron chi connectivity index (χ2n) is 5.97. The molecular formula is C17H17N5O3. The molecule has 2 heterocycles. The summed E-state index contributed by atoms with van der Waals surface area (Å²) in [6, 6.07) is 7.04. The minimum absolute atomic E-state index is 0.0910. The van der Waals surface area contributed by atoms with Crippen LogP contribution in [0.3, 0.4) is 0 Å². The lowest BCUT2D eigenvalue weighted by Gasteiger charge is -2.14. The number of benzene rings is 1. The van der Waals surface area contributed by atoms with Crippen molar-refractivity contribution in [1.82, 2.24) is 14.6 Å². The van der Waals surface area contributed by atoms with Crippen molar-refractivity contribution >= 4 is 17.0 Å². The molecule has 0 saturated carbocycles. The van der Waals surface area contributed by atoms with Gasteiger partial charge in [0.05, 0.1) is 12.8 Å². The number of fused-ring (bicyclic) bond motifs is 2. The number of hydrogen-bond donors (Lipinski definition) is 2. The quantitative estimate of drug-likeness (QED) is 0.717. The summed E-state index contributed by atoms with van der Waals surface area (Å²) >= 11 is 0. The number of rotatable bonds is 3. The molecule has 0 amide bonds. The van der Waals surface area contributed by atoms with Crippen molar-refractivity contribution in [3.05, 3.63) is 56.2 Å². The molecule has 0 radical (unpaired) electrons. The Hall–Kier alpha value is -3.16. The third-order valence-electron chi connectivity index (χ3n) is 4.39. The number of aromatic amines is 2. The fraction of sp³-hybridized carbons (Fsp3) is 0.294. The van der Waals surface area contributed by atoms with E-state index in [2.05, 4.69) is 20.3 Å². The van der Waals surface area contributed by atoms with Gasteiger partial charge in [-0.2, -0.15) is 9.63 Å². The average Bonchev–Trinajstić information content (AvgIpc) is 2.96. The number of methoxy groups -OCH3 is 1. The summed E-state index contributed by atoms with van der Waals surface area (Å²) < 4.78 is 6.37. The molecule has 4 rings (SSSR count). The summed E-state index contributed by atoms with van der Waals surface area (Å²) in [5, 5.41) is 10.7. The number of aryl methyl sites for hydroxylation is 1. The highest BCUT2D eigenvalue weighted by Crippen LogP contribution is 2.23. The first kappa shape index (κ1) is 15.4. The zero-order valence-electron chi connectivity index (χ0n) is 13.7. The minimum Gasteiger partial charge on any atom is -0.497 e. The van der Waals surface area contributed by atoms with Crippen molar-refractivity contribution in [3.63, 3.8) is 0 Å². The van der Waals surface area contributed by atoms with Gasteiger partial charge in [-0.05, 0) is 37.8 Å². The molecule has 0 fully saturated rings. The summed E-state index contributed by atoms with van der Waals surface area (Å²) in [5.41, 5.74) is 1.97. The van der Waals surface area contributed by atoms with Crippen LogP contribution in [0.1, 0.15) is 24.1 Å². The molecular weight excluding hydrogens is 322 g/mol. The van der Waals surface area contributed by atoms with Crippen molar-refractivity contribution < 1.29 is 4.74 Å². The van der Waals surface area contributed by atoms with Crippen molar-refractivity contribution in [2.24, 2.45) is 10.2 Å². The monoisotopic (exact) mass is 339 g/mol. The van der Waals surface area contributed by atoms with Crippen molar-refractivity contribution in [2.75, 3.05) is 7.11 Å². The maximum Gasteiger partial charge on any atom is 0.294 e. The van der Waals surface area contributed by atoms with Crippen molar-refractivity contribution in [2.45, 2.75) is 25.7 Å². The van der Waals surface area contributed by atoms with E-state index in [1.165, 1.54) is 4.52 Å². The average molecular weight is 339 g/mol. The van der Waals surface area contributed by atoms with Crippen LogP contribution in [-0.4, -0.2) is 21.7 Å². The van der Waals surface area contributed by atoms with Crippen LogP contribution in [0.15, 0.2) is 44.1 Å². The standard InChI is InChI=1S/C17H17N5O3/c1-25-11-6-4-5-10(9-11)19-20-14-15-18-13-8-3-2-7-12(13)17(24)22(15)21-16(14)23/h4-6,9,18H,2-3,7-8H2,1H3,(H,21,23). The fourth-order valence-electron chi connectivity index (χ4n) is 3.12. The number of ether oxygens (including phenoxy) is 1. The second kappa shape index (κ2) is 6.04. The molecule has 1 aliphatic carbocycles. The summed E-state index contributed by atoms with van der Waals surface area (Å²) in [6.07, 6.45) is 3.53. The highest BCUT2D eigenvalue weighted by molar-refractivity contribution is 5.63. The molecule has 0 spiro atoms. The van der Waals surface area contributed by atoms with E-state index in [1.807, 2.05) is 0 Å². The molecule has 3 aromatic rings. The van der Waals surface area contributed by atoms with Gasteiger partial charge in [0.15, 0.2) is 11.3 Å². The molecule has 0 aliphatic heterocycles. The van der Waals surface area contributed by atoms with Crippen LogP contribution >= 0.6 is 0 Å². The Morgan fingerprint density at radius 3 is 2.84 bits per heavy atom. The molecule has 128 valence electrons. The maximum absolute atomic E-state index is 12.6. The van der Waals surface area contributed by atoms with Crippen molar-refractivity contribution in [3.8, 4) is 5.75 Å². The maximum atomic E-state index is 12.6. The second-order valence-corrected chi connectivity index (χ2v) is 5.97. The number of H-pyrrole nitrogens is 2. The van der Waals surface area contributed by atoms with Crippen LogP contribution in [0.2, 0.25) is 0 Å². The van der Waals surface area contributed by atoms with E-state index in [9.17, 15) is 9.59 Å². The first-order valence-corrected chi connectivity index (χ1v) is 8.12. The van der Waals surface area contributed by atoms with E-state index in [0.717, 1.165) is 36.9 Å². The number of azo groups is 1. The topological polar surface area (TPSA) is 104 Å². The van der Waals surface area contributed by atoms with E-state index >= 15 is 0 Å². The summed E-state index contributed by atoms with van der Waals surface area (Å²) in [5.74, 6) is 0.648. The van der Waals surface area contributed by atoms with Gasteiger partial charge in [-0.3, -0.25) is 14.7 Å². The number of hydrogen-bond acceptors (Lipinski definition) is 5. The van der Waals surface area contributed by atoms with Gasteiger partial charge in [0.25, 0.3) is 11.1 Å². The summed E-state index contributed by atoms with van der Waals surface area (Å²) in [6.45, 7) is 0. The van der Waals surface area contributed by atoms with Gasteiger partial charge in [-0.1, -0.05) is 6.07 Å². The number of nitrogens with zero attached hydrogens (tertiary/aromatic N) is 3. The Balaban J connectivity index is 1.83. The highest BCUT2D eigenvalue weighted by Gasteiger charge is 2.19. The zero-order chi connectivity index (χ0) is 17.4. The SMILES string of the molecule is COc1cccc(N=Nc2c(=O)[nH]n3c(=O)c4c([nH]c23)CCCC4)c1. The van der Waals surface area contributed by atoms with E-state index < -0.39 is 5.56 Å². The van der Waals surface area contributed by atoms with Crippen LogP contribution in [0.25, 0.3) is 5.65 Å². The lowest BCUT2D eigenvalue weighted by atomic mass is 9.97. The molecule has 8 nitrogen and oxygen atoms in total. The first-order chi connectivity index (χ1) is 12.2. The van der Waals surface area contributed by atoms with Gasteiger partial charge >= 0.3 is 0 Å². The van der Waals surface area contributed by atoms with Gasteiger partial charge in [-0.15, -0.1) is 5.11 Å². The largest absolute Gasteiger partial charge is 0.497 e. The summed E-state index contributed by atoms with van der Waals surface area (Å²) in [7, 11) is 1.57. The van der Waals surface area contributed by atoms with Gasteiger partial charge < -0.3 is 9.72 Å². The van der Waals surface area contributed by atoms with E-state index in [0.29, 0.717) is 17.1 Å². The highest BCUT2D eigenvalue weighted by atomic mass is 16.5. The normalized spacial score (nSPS) is 14.1. The molecule has 25 heavy (non-hydrogen) atoms. The molecule has 0 bridgehead atoms. The molecule has 0 atom stereocenters. The Bertz CT molecular complexity index is 1090. The fourth-order valence-corrected chi connectivity index (χ4v) is 3.12. The Morgan fingerprint density at radius 1 is 1.16 bits per heavy atom. The molecule has 2 aromatic heterocycles. The van der Waals surface area contributed by atoms with Crippen molar-refractivity contribution in [1.29, 1.82) is 0 Å². The predicted molar refractivity (Wildman–Crippen MR) is 92.5 cm³/mol. The molecule has 0 unspecified atom stereocenters. The molecule has 1 aliphatic rings. The van der Waals surface area contributed by atoms with Crippen LogP contribution in [-0.2, 0) is 12.8 Å². The molecule has 8 heteroatoms. The van der Waals surface area contributed by atoms with Crippen LogP contribution in [0, 0.1) is 0 Å². The molecule has 2 N–H and O–H groups in total. The van der Waals surface area contributed by atoms with Gasteiger partial charge in [0.1, 0.15) is 5.75 Å². The van der Waals surface area contributed by atoms with Crippen LogP contribution in [0.4, 0.5) is 11.4 Å². The first-order valence-electron chi connectivity index (χ1n) is 8.12. The Kier molecular flexibility index (Phi) is 3.72. The lowest BCUT2D eigenvalue weighted by molar-refractivity contribution is 0.415. The Morgan fingerprint density at radius 2 is 2.00 bits per heavy atom. The van der Waals surface area contributed by atoms with E-state index in [1.54, 1.807) is 31.4 Å². The van der Waals surface area contributed by atoms with E-state index in [4.69, 9.17) is 4.74 Å². The third-order valence-corrected chi connectivity index (χ3v) is 4.39. The van der Waals surface area contributed by atoms with Gasteiger partial charge in [0, 0.05) is 17.3 Å². The minimum atomic E-state index is -0.456. The van der Waals surface area contributed by atoms with Crippen LogP contribution < -0.4 is 15.9 Å². The molecule has 0 saturated heterocycles.